The molecule has 6 unspecified atom stereocenters. The maximum absolute atomic E-state index is 10.4. The molecule has 18 heavy (non-hydrogen) atoms. The summed E-state index contributed by atoms with van der Waals surface area (Å²) in [6, 6.07) is 1.48. The van der Waals surface area contributed by atoms with Crippen molar-refractivity contribution < 1.29 is 5.11 Å². The number of nitrogens with zero attached hydrogens (tertiary/aromatic N) is 1. The molecule has 2 aliphatic rings. The van der Waals surface area contributed by atoms with Gasteiger partial charge >= 0.3 is 0 Å². The average molecular weight is 253 g/mol. The molecule has 6 atom stereocenters. The van der Waals surface area contributed by atoms with Gasteiger partial charge in [0.05, 0.1) is 6.10 Å². The molecule has 1 N–H and O–H groups in total. The van der Waals surface area contributed by atoms with Gasteiger partial charge in [-0.3, -0.25) is 4.90 Å². The third-order valence-electron chi connectivity index (χ3n) is 5.49. The van der Waals surface area contributed by atoms with Gasteiger partial charge in [-0.15, -0.1) is 0 Å². The number of aliphatic hydroxyl groups is 1. The van der Waals surface area contributed by atoms with E-state index in [9.17, 15) is 5.11 Å². The fourth-order valence-electron chi connectivity index (χ4n) is 4.31. The van der Waals surface area contributed by atoms with Crippen molar-refractivity contribution in [3.63, 3.8) is 0 Å². The summed E-state index contributed by atoms with van der Waals surface area (Å²) in [5, 5.41) is 10.4. The van der Waals surface area contributed by atoms with E-state index in [-0.39, 0.29) is 6.10 Å². The van der Waals surface area contributed by atoms with E-state index in [1.54, 1.807) is 0 Å². The average Bonchev–Trinajstić information content (AvgIpc) is 2.64. The number of hydrogen-bond donors (Lipinski definition) is 1. The summed E-state index contributed by atoms with van der Waals surface area (Å²) in [6.07, 6.45) is 6.18. The molecule has 1 saturated heterocycles. The molecule has 106 valence electrons. The molecule has 2 fully saturated rings. The lowest BCUT2D eigenvalue weighted by atomic mass is 9.73. The molecule has 1 aliphatic heterocycles. The van der Waals surface area contributed by atoms with E-state index in [2.05, 4.69) is 32.6 Å². The normalized spacial score (nSPS) is 46.5. The maximum Gasteiger partial charge on any atom is 0.0585 e. The SMILES string of the molecule is CCC1CCC(C)N1CC1C(C)CC(C)CC1O. The lowest BCUT2D eigenvalue weighted by Crippen LogP contribution is -2.46. The molecular formula is C16H31NO. The Morgan fingerprint density at radius 1 is 1.11 bits per heavy atom. The van der Waals surface area contributed by atoms with Gasteiger partial charge in [-0.1, -0.05) is 20.8 Å². The van der Waals surface area contributed by atoms with Gasteiger partial charge in [0, 0.05) is 24.5 Å². The molecule has 0 radical (unpaired) electrons. The van der Waals surface area contributed by atoms with Crippen LogP contribution in [0.4, 0.5) is 0 Å². The first-order chi connectivity index (χ1) is 8.52. The lowest BCUT2D eigenvalue weighted by molar-refractivity contribution is -0.00955. The number of hydrogen-bond acceptors (Lipinski definition) is 2. The Bertz CT molecular complexity index is 256. The van der Waals surface area contributed by atoms with Crippen molar-refractivity contribution in [2.75, 3.05) is 6.54 Å². The monoisotopic (exact) mass is 253 g/mol. The summed E-state index contributed by atoms with van der Waals surface area (Å²) >= 11 is 0. The highest BCUT2D eigenvalue weighted by atomic mass is 16.3. The Balaban J connectivity index is 1.99. The molecule has 1 heterocycles. The quantitative estimate of drug-likeness (QED) is 0.834. The van der Waals surface area contributed by atoms with Gasteiger partial charge < -0.3 is 5.11 Å². The predicted octanol–water partition coefficient (Wildman–Crippen LogP) is 3.29. The summed E-state index contributed by atoms with van der Waals surface area (Å²) < 4.78 is 0. The van der Waals surface area contributed by atoms with Gasteiger partial charge in [0.2, 0.25) is 0 Å². The van der Waals surface area contributed by atoms with Crippen molar-refractivity contribution in [3.05, 3.63) is 0 Å². The van der Waals surface area contributed by atoms with E-state index in [0.29, 0.717) is 23.8 Å². The zero-order chi connectivity index (χ0) is 13.3. The molecular weight excluding hydrogens is 222 g/mol. The van der Waals surface area contributed by atoms with Crippen LogP contribution in [0.5, 0.6) is 0 Å². The van der Waals surface area contributed by atoms with Crippen LogP contribution in [0.1, 0.15) is 59.8 Å². The maximum atomic E-state index is 10.4. The molecule has 2 rings (SSSR count). The van der Waals surface area contributed by atoms with E-state index in [1.165, 1.54) is 25.7 Å². The zero-order valence-corrected chi connectivity index (χ0v) is 12.6. The summed E-state index contributed by atoms with van der Waals surface area (Å²) in [6.45, 7) is 10.4. The Morgan fingerprint density at radius 2 is 1.83 bits per heavy atom. The van der Waals surface area contributed by atoms with Crippen molar-refractivity contribution in [2.45, 2.75) is 78.0 Å². The molecule has 0 spiro atoms. The van der Waals surface area contributed by atoms with Crippen molar-refractivity contribution in [3.8, 4) is 0 Å². The Labute approximate surface area is 113 Å². The van der Waals surface area contributed by atoms with Crippen LogP contribution in [0.2, 0.25) is 0 Å². The second-order valence-corrected chi connectivity index (χ2v) is 6.97. The Morgan fingerprint density at radius 3 is 2.44 bits per heavy atom. The molecule has 1 aliphatic carbocycles. The first-order valence-corrected chi connectivity index (χ1v) is 7.96. The van der Waals surface area contributed by atoms with Crippen LogP contribution in [0.25, 0.3) is 0 Å². The van der Waals surface area contributed by atoms with Crippen molar-refractivity contribution >= 4 is 0 Å². The van der Waals surface area contributed by atoms with Crippen LogP contribution < -0.4 is 0 Å². The predicted molar refractivity (Wildman–Crippen MR) is 76.5 cm³/mol. The van der Waals surface area contributed by atoms with Crippen LogP contribution in [0.15, 0.2) is 0 Å². The van der Waals surface area contributed by atoms with E-state index >= 15 is 0 Å². The zero-order valence-electron chi connectivity index (χ0n) is 12.6. The fourth-order valence-corrected chi connectivity index (χ4v) is 4.31. The van der Waals surface area contributed by atoms with Gasteiger partial charge in [0.15, 0.2) is 0 Å². The molecule has 1 saturated carbocycles. The minimum atomic E-state index is -0.0749. The van der Waals surface area contributed by atoms with Gasteiger partial charge in [-0.25, -0.2) is 0 Å². The summed E-state index contributed by atoms with van der Waals surface area (Å²) in [5.41, 5.74) is 0. The van der Waals surface area contributed by atoms with Crippen LogP contribution in [-0.4, -0.2) is 34.7 Å². The highest BCUT2D eigenvalue weighted by molar-refractivity contribution is 4.90. The largest absolute Gasteiger partial charge is 0.393 e. The molecule has 2 nitrogen and oxygen atoms in total. The third-order valence-corrected chi connectivity index (χ3v) is 5.49. The second-order valence-electron chi connectivity index (χ2n) is 6.97. The van der Waals surface area contributed by atoms with Crippen molar-refractivity contribution in [1.82, 2.24) is 4.90 Å². The molecule has 0 amide bonds. The lowest BCUT2D eigenvalue weighted by Gasteiger charge is -2.41. The Hall–Kier alpha value is -0.0800. The molecule has 2 heteroatoms. The Kier molecular flexibility index (Phi) is 4.71. The second kappa shape index (κ2) is 5.92. The number of likely N-dealkylation sites (tertiary alicyclic amines) is 1. The van der Waals surface area contributed by atoms with E-state index < -0.39 is 0 Å². The van der Waals surface area contributed by atoms with Crippen LogP contribution in [0, 0.1) is 17.8 Å². The summed E-state index contributed by atoms with van der Waals surface area (Å²) in [4.78, 5) is 2.68. The van der Waals surface area contributed by atoms with Gasteiger partial charge in [-0.2, -0.15) is 0 Å². The van der Waals surface area contributed by atoms with E-state index in [0.717, 1.165) is 19.0 Å². The first-order valence-electron chi connectivity index (χ1n) is 7.96. The van der Waals surface area contributed by atoms with Gasteiger partial charge in [0.25, 0.3) is 0 Å². The van der Waals surface area contributed by atoms with Crippen LogP contribution >= 0.6 is 0 Å². The molecule has 0 bridgehead atoms. The smallest absolute Gasteiger partial charge is 0.0585 e. The van der Waals surface area contributed by atoms with E-state index in [4.69, 9.17) is 0 Å². The van der Waals surface area contributed by atoms with Crippen LogP contribution in [0.3, 0.4) is 0 Å². The molecule has 0 aromatic heterocycles. The van der Waals surface area contributed by atoms with Crippen LogP contribution in [-0.2, 0) is 0 Å². The minimum absolute atomic E-state index is 0.0749. The van der Waals surface area contributed by atoms with Crippen molar-refractivity contribution in [1.29, 1.82) is 0 Å². The molecule has 0 aromatic rings. The highest BCUT2D eigenvalue weighted by Gasteiger charge is 2.37. The summed E-state index contributed by atoms with van der Waals surface area (Å²) in [5.74, 6) is 1.87. The van der Waals surface area contributed by atoms with E-state index in [1.807, 2.05) is 0 Å². The minimum Gasteiger partial charge on any atom is -0.393 e. The topological polar surface area (TPSA) is 23.5 Å². The number of aliphatic hydroxyl groups excluding tert-OH is 1. The van der Waals surface area contributed by atoms with Crippen molar-refractivity contribution in [2.24, 2.45) is 17.8 Å². The first kappa shape index (κ1) is 14.3. The summed E-state index contributed by atoms with van der Waals surface area (Å²) in [7, 11) is 0. The molecule has 0 aromatic carbocycles. The highest BCUT2D eigenvalue weighted by Crippen LogP contribution is 2.36. The third kappa shape index (κ3) is 2.91. The fraction of sp³-hybridized carbons (Fsp3) is 1.00. The van der Waals surface area contributed by atoms with Gasteiger partial charge in [-0.05, 0) is 50.9 Å². The number of rotatable bonds is 3. The van der Waals surface area contributed by atoms with Gasteiger partial charge in [0.1, 0.15) is 0 Å². The standard InChI is InChI=1S/C16H31NO/c1-5-14-7-6-13(4)17(14)10-15-12(3)8-11(2)9-16(15)18/h11-16,18H,5-10H2,1-4H3.